The molecule has 0 atom stereocenters. The number of nitrogens with zero attached hydrogens (tertiary/aromatic N) is 1. The van der Waals surface area contributed by atoms with Gasteiger partial charge in [-0.05, 0) is 42.8 Å². The molecule has 1 aromatic carbocycles. The number of unbranched alkanes of at least 4 members (excludes halogenated alkanes) is 18. The number of carboxylic acids is 1. The number of aromatic carboxylic acids is 1. The molecule has 0 saturated carbocycles. The molecule has 2 aromatic rings. The average Bonchev–Trinajstić information content (AvgIpc) is 3.23. The quantitative estimate of drug-likeness (QED) is 0.155. The van der Waals surface area contributed by atoms with Crippen molar-refractivity contribution >= 4 is 16.9 Å². The van der Waals surface area contributed by atoms with E-state index >= 15 is 0 Å². The van der Waals surface area contributed by atoms with Crippen LogP contribution in [0.1, 0.15) is 158 Å². The number of hydrogen-bond acceptors (Lipinski definition) is 1. The van der Waals surface area contributed by atoms with Crippen molar-refractivity contribution in [3.05, 3.63) is 35.5 Å². The topological polar surface area (TPSA) is 42.2 Å². The first-order valence-corrected chi connectivity index (χ1v) is 15.5. The highest BCUT2D eigenvalue weighted by atomic mass is 16.4. The van der Waals surface area contributed by atoms with Gasteiger partial charge in [-0.25, -0.2) is 4.79 Å². The monoisotopic (exact) mass is 497 g/mol. The molecular formula is C33H55NO2. The number of aromatic nitrogens is 1. The zero-order valence-corrected chi connectivity index (χ0v) is 23.7. The molecule has 0 aliphatic carbocycles. The van der Waals surface area contributed by atoms with E-state index < -0.39 is 5.97 Å². The summed E-state index contributed by atoms with van der Waals surface area (Å²) in [7, 11) is 0. The van der Waals surface area contributed by atoms with E-state index in [4.69, 9.17) is 0 Å². The molecule has 36 heavy (non-hydrogen) atoms. The van der Waals surface area contributed by atoms with Crippen molar-refractivity contribution in [3.8, 4) is 0 Å². The number of carboxylic acid groups (broad SMARTS) is 1. The Bertz CT molecular complexity index is 838. The molecule has 1 heterocycles. The van der Waals surface area contributed by atoms with Gasteiger partial charge in [0.2, 0.25) is 0 Å². The summed E-state index contributed by atoms with van der Waals surface area (Å²) < 4.78 is 2.37. The first kappa shape index (κ1) is 30.5. The minimum Gasteiger partial charge on any atom is -0.478 e. The van der Waals surface area contributed by atoms with Crippen molar-refractivity contribution in [1.82, 2.24) is 4.57 Å². The smallest absolute Gasteiger partial charge is 0.335 e. The number of aryl methyl sites for hydroxylation is 2. The Labute approximate surface area is 222 Å². The van der Waals surface area contributed by atoms with Gasteiger partial charge in [0.1, 0.15) is 0 Å². The van der Waals surface area contributed by atoms with Crippen molar-refractivity contribution < 1.29 is 9.90 Å². The molecule has 0 unspecified atom stereocenters. The lowest BCUT2D eigenvalue weighted by molar-refractivity contribution is 0.0697. The van der Waals surface area contributed by atoms with Crippen LogP contribution < -0.4 is 0 Å². The fourth-order valence-electron chi connectivity index (χ4n) is 5.44. The van der Waals surface area contributed by atoms with Crippen LogP contribution in [0.15, 0.2) is 24.3 Å². The Hall–Kier alpha value is -1.77. The summed E-state index contributed by atoms with van der Waals surface area (Å²) in [4.78, 5) is 11.4. The molecule has 0 aliphatic heterocycles. The van der Waals surface area contributed by atoms with E-state index in [0.717, 1.165) is 31.3 Å². The lowest BCUT2D eigenvalue weighted by atomic mass is 10.0. The van der Waals surface area contributed by atoms with Crippen LogP contribution in [0.3, 0.4) is 0 Å². The minimum atomic E-state index is -0.842. The SMILES string of the molecule is CCCCCCCCCCCCCCCCCCCCc1cc2ccc(C(=O)O)cc2n1CCCC. The fourth-order valence-corrected chi connectivity index (χ4v) is 5.44. The fraction of sp³-hybridized carbons (Fsp3) is 0.727. The Morgan fingerprint density at radius 3 is 1.58 bits per heavy atom. The zero-order valence-electron chi connectivity index (χ0n) is 23.7. The third-order valence-electron chi connectivity index (χ3n) is 7.76. The first-order chi connectivity index (χ1) is 17.7. The summed E-state index contributed by atoms with van der Waals surface area (Å²) in [5.74, 6) is -0.842. The molecular weight excluding hydrogens is 442 g/mol. The van der Waals surface area contributed by atoms with Crippen LogP contribution >= 0.6 is 0 Å². The molecule has 3 nitrogen and oxygen atoms in total. The van der Waals surface area contributed by atoms with Gasteiger partial charge in [0.05, 0.1) is 5.56 Å². The Morgan fingerprint density at radius 2 is 1.11 bits per heavy atom. The van der Waals surface area contributed by atoms with E-state index in [1.807, 2.05) is 12.1 Å². The van der Waals surface area contributed by atoms with Gasteiger partial charge in [0, 0.05) is 17.8 Å². The molecule has 204 valence electrons. The van der Waals surface area contributed by atoms with E-state index in [2.05, 4.69) is 24.5 Å². The third-order valence-corrected chi connectivity index (χ3v) is 7.76. The highest BCUT2D eigenvalue weighted by Crippen LogP contribution is 2.24. The molecule has 0 aliphatic rings. The van der Waals surface area contributed by atoms with Crippen LogP contribution in [0.2, 0.25) is 0 Å². The van der Waals surface area contributed by atoms with Gasteiger partial charge in [-0.3, -0.25) is 0 Å². The molecule has 0 bridgehead atoms. The van der Waals surface area contributed by atoms with Crippen LogP contribution in [0, 0.1) is 0 Å². The highest BCUT2D eigenvalue weighted by Gasteiger charge is 2.11. The highest BCUT2D eigenvalue weighted by molar-refractivity contribution is 5.93. The first-order valence-electron chi connectivity index (χ1n) is 15.5. The summed E-state index contributed by atoms with van der Waals surface area (Å²) in [5, 5.41) is 10.6. The molecule has 0 fully saturated rings. The normalized spacial score (nSPS) is 11.5. The van der Waals surface area contributed by atoms with E-state index in [0.29, 0.717) is 5.56 Å². The molecule has 0 spiro atoms. The second-order valence-electron chi connectivity index (χ2n) is 11.0. The number of carbonyl (C=O) groups is 1. The summed E-state index contributed by atoms with van der Waals surface area (Å²) in [5.41, 5.74) is 2.84. The number of rotatable bonds is 23. The van der Waals surface area contributed by atoms with Crippen LogP contribution in [-0.2, 0) is 13.0 Å². The average molecular weight is 498 g/mol. The molecule has 2 rings (SSSR count). The largest absolute Gasteiger partial charge is 0.478 e. The standard InChI is InChI=1S/C33H55NO2/c1-3-5-7-8-9-10-11-12-13-14-15-16-17-18-19-20-21-22-23-31-27-29-24-25-30(33(35)36)28-32(29)34(31)26-6-4-2/h24-25,27-28H,3-23,26H2,1-2H3,(H,35,36). The van der Waals surface area contributed by atoms with Crippen LogP contribution in [0.4, 0.5) is 0 Å². The van der Waals surface area contributed by atoms with Crippen LogP contribution in [0.5, 0.6) is 0 Å². The molecule has 0 saturated heterocycles. The predicted molar refractivity (Wildman–Crippen MR) is 156 cm³/mol. The summed E-state index contributed by atoms with van der Waals surface area (Å²) in [6.45, 7) is 5.49. The lowest BCUT2D eigenvalue weighted by Crippen LogP contribution is -2.04. The number of fused-ring (bicyclic) bond motifs is 1. The second-order valence-corrected chi connectivity index (χ2v) is 11.0. The second kappa shape index (κ2) is 19.4. The minimum absolute atomic E-state index is 0.387. The van der Waals surface area contributed by atoms with Gasteiger partial charge in [-0.1, -0.05) is 135 Å². The van der Waals surface area contributed by atoms with Gasteiger partial charge >= 0.3 is 5.97 Å². The molecule has 3 heteroatoms. The van der Waals surface area contributed by atoms with Gasteiger partial charge in [0.15, 0.2) is 0 Å². The van der Waals surface area contributed by atoms with Crippen molar-refractivity contribution in [3.63, 3.8) is 0 Å². The number of hydrogen-bond donors (Lipinski definition) is 1. The zero-order chi connectivity index (χ0) is 25.8. The molecule has 1 N–H and O–H groups in total. The molecule has 0 radical (unpaired) electrons. The van der Waals surface area contributed by atoms with E-state index in [9.17, 15) is 9.90 Å². The Kier molecular flexibility index (Phi) is 16.4. The van der Waals surface area contributed by atoms with Crippen LogP contribution in [0.25, 0.3) is 10.9 Å². The van der Waals surface area contributed by atoms with Crippen molar-refractivity contribution in [2.45, 2.75) is 155 Å². The summed E-state index contributed by atoms with van der Waals surface area (Å²) >= 11 is 0. The van der Waals surface area contributed by atoms with Crippen molar-refractivity contribution in [2.24, 2.45) is 0 Å². The maximum Gasteiger partial charge on any atom is 0.335 e. The van der Waals surface area contributed by atoms with Crippen molar-refractivity contribution in [1.29, 1.82) is 0 Å². The maximum absolute atomic E-state index is 11.4. The molecule has 1 aromatic heterocycles. The lowest BCUT2D eigenvalue weighted by Gasteiger charge is -2.11. The number of benzene rings is 1. The predicted octanol–water partition coefficient (Wildman–Crippen LogP) is 10.7. The van der Waals surface area contributed by atoms with Gasteiger partial charge in [-0.15, -0.1) is 0 Å². The Morgan fingerprint density at radius 1 is 0.639 bits per heavy atom. The van der Waals surface area contributed by atoms with E-state index in [1.54, 1.807) is 6.07 Å². The Balaban J connectivity index is 1.51. The summed E-state index contributed by atoms with van der Waals surface area (Å²) in [6.07, 6.45) is 28.7. The summed E-state index contributed by atoms with van der Waals surface area (Å²) in [6, 6.07) is 7.84. The van der Waals surface area contributed by atoms with Gasteiger partial charge < -0.3 is 9.67 Å². The van der Waals surface area contributed by atoms with Crippen LogP contribution in [-0.4, -0.2) is 15.6 Å². The van der Waals surface area contributed by atoms with Crippen molar-refractivity contribution in [2.75, 3.05) is 0 Å². The van der Waals surface area contributed by atoms with E-state index in [1.165, 1.54) is 127 Å². The van der Waals surface area contributed by atoms with E-state index in [-0.39, 0.29) is 0 Å². The van der Waals surface area contributed by atoms with Gasteiger partial charge in [-0.2, -0.15) is 0 Å². The molecule has 0 amide bonds. The maximum atomic E-state index is 11.4. The van der Waals surface area contributed by atoms with Gasteiger partial charge in [0.25, 0.3) is 0 Å². The third kappa shape index (κ3) is 12.0.